The van der Waals surface area contributed by atoms with Crippen LogP contribution < -0.4 is 0 Å². The van der Waals surface area contributed by atoms with Crippen molar-refractivity contribution in [3.63, 3.8) is 0 Å². The predicted octanol–water partition coefficient (Wildman–Crippen LogP) is 4.72. The predicted molar refractivity (Wildman–Crippen MR) is 109 cm³/mol. The third-order valence-electron chi connectivity index (χ3n) is 3.83. The van der Waals surface area contributed by atoms with Gasteiger partial charge in [0.1, 0.15) is 11.2 Å². The van der Waals surface area contributed by atoms with Crippen molar-refractivity contribution >= 4 is 23.8 Å². The molecular formula is C21H31N3O4. The van der Waals surface area contributed by atoms with Gasteiger partial charge in [-0.1, -0.05) is 19.1 Å². The highest BCUT2D eigenvalue weighted by Gasteiger charge is 2.39. The Balaban J connectivity index is 2.36. The van der Waals surface area contributed by atoms with E-state index in [9.17, 15) is 9.59 Å². The van der Waals surface area contributed by atoms with Gasteiger partial charge in [-0.15, -0.1) is 0 Å². The molecule has 0 bridgehead atoms. The summed E-state index contributed by atoms with van der Waals surface area (Å²) in [4.78, 5) is 32.6. The normalized spacial score (nSPS) is 14.9. The van der Waals surface area contributed by atoms with Gasteiger partial charge in [-0.3, -0.25) is 0 Å². The number of amides is 2. The SMILES string of the molecule is CCc1ccc(N=C2N(C(=O)OC(C)(C)C)CCN2C(=O)OC(C)(C)C)cc1. The highest BCUT2D eigenvalue weighted by Crippen LogP contribution is 2.22. The fourth-order valence-electron chi connectivity index (χ4n) is 2.57. The van der Waals surface area contributed by atoms with Crippen LogP contribution in [0, 0.1) is 0 Å². The van der Waals surface area contributed by atoms with Gasteiger partial charge in [-0.25, -0.2) is 24.4 Å². The molecule has 0 aromatic heterocycles. The third kappa shape index (κ3) is 5.97. The standard InChI is InChI=1S/C21H31N3O4/c1-8-15-9-11-16(12-10-15)22-17-23(18(25)27-20(2,3)4)13-14-24(17)19(26)28-21(5,6)7/h9-12H,8,13-14H2,1-7H3. The van der Waals surface area contributed by atoms with Crippen molar-refractivity contribution in [1.29, 1.82) is 0 Å². The van der Waals surface area contributed by atoms with Gasteiger partial charge in [-0.05, 0) is 65.7 Å². The zero-order valence-electron chi connectivity index (χ0n) is 17.9. The molecule has 0 aliphatic carbocycles. The van der Waals surface area contributed by atoms with Crippen molar-refractivity contribution in [2.75, 3.05) is 13.1 Å². The molecule has 0 N–H and O–H groups in total. The van der Waals surface area contributed by atoms with Crippen molar-refractivity contribution < 1.29 is 19.1 Å². The lowest BCUT2D eigenvalue weighted by Gasteiger charge is -2.27. The summed E-state index contributed by atoms with van der Waals surface area (Å²) in [6.45, 7) is 13.5. The Kier molecular flexibility index (Phi) is 6.37. The average Bonchev–Trinajstić information content (AvgIpc) is 2.96. The van der Waals surface area contributed by atoms with Gasteiger partial charge in [0.05, 0.1) is 18.8 Å². The van der Waals surface area contributed by atoms with Gasteiger partial charge >= 0.3 is 12.2 Å². The Morgan fingerprint density at radius 2 is 1.32 bits per heavy atom. The van der Waals surface area contributed by atoms with E-state index in [1.54, 1.807) is 41.5 Å². The summed E-state index contributed by atoms with van der Waals surface area (Å²) >= 11 is 0. The molecule has 2 rings (SSSR count). The number of aryl methyl sites for hydroxylation is 1. The maximum atomic E-state index is 12.7. The van der Waals surface area contributed by atoms with E-state index in [1.165, 1.54) is 15.4 Å². The van der Waals surface area contributed by atoms with Crippen LogP contribution in [0.5, 0.6) is 0 Å². The van der Waals surface area contributed by atoms with Crippen LogP contribution >= 0.6 is 0 Å². The maximum absolute atomic E-state index is 12.7. The molecule has 7 heteroatoms. The van der Waals surface area contributed by atoms with Crippen LogP contribution in [0.1, 0.15) is 54.0 Å². The first-order valence-electron chi connectivity index (χ1n) is 9.58. The Hall–Kier alpha value is -2.57. The highest BCUT2D eigenvalue weighted by molar-refractivity contribution is 6.04. The van der Waals surface area contributed by atoms with E-state index < -0.39 is 23.4 Å². The molecule has 1 heterocycles. The van der Waals surface area contributed by atoms with Gasteiger partial charge in [0, 0.05) is 0 Å². The van der Waals surface area contributed by atoms with Crippen LogP contribution in [0.3, 0.4) is 0 Å². The Bertz CT molecular complexity index is 704. The number of aliphatic imine (C=N–C) groups is 1. The van der Waals surface area contributed by atoms with Crippen LogP contribution in [-0.4, -0.2) is 52.2 Å². The number of guanidine groups is 1. The smallest absolute Gasteiger partial charge is 0.417 e. The summed E-state index contributed by atoms with van der Waals surface area (Å²) in [7, 11) is 0. The molecule has 1 aromatic carbocycles. The molecule has 1 saturated heterocycles. The van der Waals surface area contributed by atoms with E-state index in [0.717, 1.165) is 6.42 Å². The van der Waals surface area contributed by atoms with Crippen molar-refractivity contribution in [3.8, 4) is 0 Å². The maximum Gasteiger partial charge on any atom is 0.417 e. The Morgan fingerprint density at radius 3 is 1.68 bits per heavy atom. The lowest BCUT2D eigenvalue weighted by atomic mass is 10.1. The van der Waals surface area contributed by atoms with E-state index in [-0.39, 0.29) is 5.96 Å². The number of hydrogen-bond donors (Lipinski definition) is 0. The van der Waals surface area contributed by atoms with Crippen LogP contribution in [0.15, 0.2) is 29.3 Å². The quantitative estimate of drug-likeness (QED) is 0.733. The summed E-state index contributed by atoms with van der Waals surface area (Å²) in [6, 6.07) is 7.68. The summed E-state index contributed by atoms with van der Waals surface area (Å²) < 4.78 is 11.0. The minimum Gasteiger partial charge on any atom is -0.443 e. The first-order valence-corrected chi connectivity index (χ1v) is 9.58. The van der Waals surface area contributed by atoms with E-state index in [0.29, 0.717) is 18.8 Å². The fraction of sp³-hybridized carbons (Fsp3) is 0.571. The van der Waals surface area contributed by atoms with Crippen molar-refractivity contribution in [2.24, 2.45) is 4.99 Å². The van der Waals surface area contributed by atoms with E-state index >= 15 is 0 Å². The van der Waals surface area contributed by atoms with Gasteiger partial charge in [0.25, 0.3) is 0 Å². The largest absolute Gasteiger partial charge is 0.443 e. The van der Waals surface area contributed by atoms with Crippen molar-refractivity contribution in [2.45, 2.75) is 66.1 Å². The second kappa shape index (κ2) is 8.20. The van der Waals surface area contributed by atoms with Crippen LogP contribution in [0.4, 0.5) is 15.3 Å². The average molecular weight is 389 g/mol. The van der Waals surface area contributed by atoms with E-state index in [2.05, 4.69) is 11.9 Å². The van der Waals surface area contributed by atoms with Gasteiger partial charge in [0.15, 0.2) is 0 Å². The van der Waals surface area contributed by atoms with E-state index in [1.807, 2.05) is 24.3 Å². The van der Waals surface area contributed by atoms with Gasteiger partial charge in [-0.2, -0.15) is 0 Å². The number of carbonyl (C=O) groups is 2. The van der Waals surface area contributed by atoms with Crippen LogP contribution in [0.25, 0.3) is 0 Å². The second-order valence-corrected chi connectivity index (χ2v) is 8.70. The number of benzene rings is 1. The zero-order chi connectivity index (χ0) is 21.1. The number of rotatable bonds is 2. The molecule has 28 heavy (non-hydrogen) atoms. The molecular weight excluding hydrogens is 358 g/mol. The Morgan fingerprint density at radius 1 is 0.893 bits per heavy atom. The molecule has 154 valence electrons. The van der Waals surface area contributed by atoms with Gasteiger partial charge < -0.3 is 9.47 Å². The first-order chi connectivity index (χ1) is 12.9. The minimum atomic E-state index is -0.649. The molecule has 1 aliphatic heterocycles. The van der Waals surface area contributed by atoms with Crippen LogP contribution in [-0.2, 0) is 15.9 Å². The molecule has 0 unspecified atom stereocenters. The fourth-order valence-corrected chi connectivity index (χ4v) is 2.57. The molecule has 0 atom stereocenters. The topological polar surface area (TPSA) is 71.4 Å². The van der Waals surface area contributed by atoms with Crippen molar-refractivity contribution in [1.82, 2.24) is 9.80 Å². The highest BCUT2D eigenvalue weighted by atomic mass is 16.6. The number of carbonyl (C=O) groups excluding carboxylic acids is 2. The molecule has 0 saturated carbocycles. The van der Waals surface area contributed by atoms with Crippen LogP contribution in [0.2, 0.25) is 0 Å². The summed E-state index contributed by atoms with van der Waals surface area (Å²) in [5, 5.41) is 0. The second-order valence-electron chi connectivity index (χ2n) is 8.70. The molecule has 7 nitrogen and oxygen atoms in total. The van der Waals surface area contributed by atoms with E-state index in [4.69, 9.17) is 9.47 Å². The summed E-state index contributed by atoms with van der Waals surface area (Å²) in [5.74, 6) is 0.216. The zero-order valence-corrected chi connectivity index (χ0v) is 17.9. The Labute approximate surface area is 167 Å². The minimum absolute atomic E-state index is 0.216. The lowest BCUT2D eigenvalue weighted by Crippen LogP contribution is -2.44. The first kappa shape index (κ1) is 21.7. The van der Waals surface area contributed by atoms with Crippen molar-refractivity contribution in [3.05, 3.63) is 29.8 Å². The molecule has 1 aromatic rings. The molecule has 0 radical (unpaired) electrons. The molecule has 2 amide bonds. The number of hydrogen-bond acceptors (Lipinski definition) is 5. The molecule has 1 fully saturated rings. The molecule has 1 aliphatic rings. The number of nitrogens with zero attached hydrogens (tertiary/aromatic N) is 3. The molecule has 0 spiro atoms. The third-order valence-corrected chi connectivity index (χ3v) is 3.83. The summed E-state index contributed by atoms with van der Waals surface area (Å²) in [6.07, 6.45) is -0.157. The van der Waals surface area contributed by atoms with Gasteiger partial charge in [0.2, 0.25) is 5.96 Å². The monoisotopic (exact) mass is 389 g/mol. The lowest BCUT2D eigenvalue weighted by molar-refractivity contribution is 0.0375. The number of ether oxygens (including phenoxy) is 2. The summed E-state index contributed by atoms with van der Waals surface area (Å²) in [5.41, 5.74) is 0.536.